The van der Waals surface area contributed by atoms with Gasteiger partial charge >= 0.3 is 6.18 Å². The second-order valence-electron chi connectivity index (χ2n) is 3.93. The average Bonchev–Trinajstić information content (AvgIpc) is 2.30. The Kier molecular flexibility index (Phi) is 5.84. The van der Waals surface area contributed by atoms with Crippen molar-refractivity contribution in [3.63, 3.8) is 0 Å². The van der Waals surface area contributed by atoms with E-state index >= 15 is 0 Å². The molecule has 8 heteroatoms. The highest BCUT2D eigenvalue weighted by molar-refractivity contribution is 9.10. The van der Waals surface area contributed by atoms with E-state index in [9.17, 15) is 13.2 Å². The monoisotopic (exact) mass is 340 g/mol. The van der Waals surface area contributed by atoms with E-state index in [0.717, 1.165) is 0 Å². The number of rotatable bonds is 6. The van der Waals surface area contributed by atoms with E-state index in [1.807, 2.05) is 13.8 Å². The second kappa shape index (κ2) is 6.93. The molecule has 0 aliphatic rings. The fraction of sp³-hybridized carbons (Fsp3) is 0.636. The SMILES string of the molecule is CCCN(CC(F)(F)F)c1ncnc(NCC)c1Br. The number of hydrogen-bond acceptors (Lipinski definition) is 4. The molecule has 0 aliphatic heterocycles. The van der Waals surface area contributed by atoms with Crippen molar-refractivity contribution in [3.8, 4) is 0 Å². The number of hydrogen-bond donors (Lipinski definition) is 1. The van der Waals surface area contributed by atoms with Gasteiger partial charge in [-0.2, -0.15) is 13.2 Å². The summed E-state index contributed by atoms with van der Waals surface area (Å²) in [4.78, 5) is 9.14. The van der Waals surface area contributed by atoms with Gasteiger partial charge in [-0.15, -0.1) is 0 Å². The third-order valence-electron chi connectivity index (χ3n) is 2.28. The second-order valence-corrected chi connectivity index (χ2v) is 4.72. The first-order valence-electron chi connectivity index (χ1n) is 5.95. The summed E-state index contributed by atoms with van der Waals surface area (Å²) >= 11 is 3.26. The molecule has 1 heterocycles. The number of halogens is 4. The summed E-state index contributed by atoms with van der Waals surface area (Å²) in [5.41, 5.74) is 0. The summed E-state index contributed by atoms with van der Waals surface area (Å²) in [7, 11) is 0. The summed E-state index contributed by atoms with van der Waals surface area (Å²) in [6.45, 7) is 3.59. The van der Waals surface area contributed by atoms with E-state index in [-0.39, 0.29) is 12.4 Å². The Morgan fingerprint density at radius 1 is 1.32 bits per heavy atom. The molecule has 0 aliphatic carbocycles. The van der Waals surface area contributed by atoms with Gasteiger partial charge in [-0.3, -0.25) is 0 Å². The molecule has 0 unspecified atom stereocenters. The smallest absolute Gasteiger partial charge is 0.369 e. The number of nitrogens with one attached hydrogen (secondary N) is 1. The third-order valence-corrected chi connectivity index (χ3v) is 3.01. The highest BCUT2D eigenvalue weighted by Gasteiger charge is 2.32. The van der Waals surface area contributed by atoms with Crippen LogP contribution >= 0.6 is 15.9 Å². The van der Waals surface area contributed by atoms with Crippen molar-refractivity contribution >= 4 is 27.6 Å². The predicted molar refractivity (Wildman–Crippen MR) is 72.5 cm³/mol. The minimum absolute atomic E-state index is 0.255. The molecule has 0 amide bonds. The van der Waals surface area contributed by atoms with Crippen LogP contribution in [0.5, 0.6) is 0 Å². The Hall–Kier alpha value is -1.05. The molecule has 4 nitrogen and oxygen atoms in total. The van der Waals surface area contributed by atoms with Gasteiger partial charge < -0.3 is 10.2 Å². The molecule has 1 aromatic rings. The van der Waals surface area contributed by atoms with Crippen LogP contribution in [0.1, 0.15) is 20.3 Å². The standard InChI is InChI=1S/C11H16BrF3N4/c1-3-5-19(6-11(13,14)15)10-8(12)9(16-4-2)17-7-18-10/h7H,3-6H2,1-2H3,(H,16,17,18). The van der Waals surface area contributed by atoms with Gasteiger partial charge in [0, 0.05) is 13.1 Å². The molecule has 108 valence electrons. The van der Waals surface area contributed by atoms with Gasteiger partial charge in [0.1, 0.15) is 29.0 Å². The first kappa shape index (κ1) is 16.0. The summed E-state index contributed by atoms with van der Waals surface area (Å²) in [6, 6.07) is 0. The fourth-order valence-corrected chi connectivity index (χ4v) is 2.21. The van der Waals surface area contributed by atoms with Crippen LogP contribution in [0.25, 0.3) is 0 Å². The summed E-state index contributed by atoms with van der Waals surface area (Å²) in [5, 5.41) is 2.97. The highest BCUT2D eigenvalue weighted by atomic mass is 79.9. The predicted octanol–water partition coefficient (Wildman–Crippen LogP) is 3.45. The van der Waals surface area contributed by atoms with Crippen LogP contribution in [0.15, 0.2) is 10.8 Å². The molecule has 1 N–H and O–H groups in total. The Labute approximate surface area is 118 Å². The van der Waals surface area contributed by atoms with E-state index in [1.54, 1.807) is 0 Å². The normalized spacial score (nSPS) is 11.5. The molecular weight excluding hydrogens is 325 g/mol. The summed E-state index contributed by atoms with van der Waals surface area (Å²) < 4.78 is 38.2. The third kappa shape index (κ3) is 4.85. The minimum Gasteiger partial charge on any atom is -0.369 e. The lowest BCUT2D eigenvalue weighted by Crippen LogP contribution is -2.35. The molecule has 1 aromatic heterocycles. The highest BCUT2D eigenvalue weighted by Crippen LogP contribution is 2.31. The Balaban J connectivity index is 3.05. The summed E-state index contributed by atoms with van der Waals surface area (Å²) in [5.74, 6) is 0.751. The Morgan fingerprint density at radius 3 is 2.53 bits per heavy atom. The molecular formula is C11H16BrF3N4. The zero-order valence-corrected chi connectivity index (χ0v) is 12.3. The maximum atomic E-state index is 12.6. The molecule has 0 saturated carbocycles. The van der Waals surface area contributed by atoms with Crippen LogP contribution in [0.4, 0.5) is 24.8 Å². The van der Waals surface area contributed by atoms with E-state index in [2.05, 4.69) is 31.2 Å². The van der Waals surface area contributed by atoms with Crippen molar-refractivity contribution in [2.24, 2.45) is 0 Å². The molecule has 0 spiro atoms. The molecule has 0 bridgehead atoms. The van der Waals surface area contributed by atoms with Gasteiger partial charge in [0.25, 0.3) is 0 Å². The molecule has 1 rings (SSSR count). The lowest BCUT2D eigenvalue weighted by molar-refractivity contribution is -0.119. The van der Waals surface area contributed by atoms with Gasteiger partial charge in [0.2, 0.25) is 0 Å². The Morgan fingerprint density at radius 2 is 2.00 bits per heavy atom. The van der Waals surface area contributed by atoms with Crippen LogP contribution in [-0.4, -0.2) is 35.8 Å². The van der Waals surface area contributed by atoms with Crippen molar-refractivity contribution in [1.29, 1.82) is 0 Å². The van der Waals surface area contributed by atoms with Crippen molar-refractivity contribution in [2.45, 2.75) is 26.4 Å². The van der Waals surface area contributed by atoms with E-state index in [4.69, 9.17) is 0 Å². The number of anilines is 2. The molecule has 0 radical (unpaired) electrons. The van der Waals surface area contributed by atoms with E-state index < -0.39 is 12.7 Å². The largest absolute Gasteiger partial charge is 0.405 e. The summed E-state index contributed by atoms with van der Waals surface area (Å²) in [6.07, 6.45) is -2.40. The number of nitrogens with zero attached hydrogens (tertiary/aromatic N) is 3. The lowest BCUT2D eigenvalue weighted by Gasteiger charge is -2.25. The van der Waals surface area contributed by atoms with Crippen molar-refractivity contribution in [3.05, 3.63) is 10.8 Å². The zero-order valence-electron chi connectivity index (χ0n) is 10.8. The van der Waals surface area contributed by atoms with Gasteiger partial charge in [0.15, 0.2) is 0 Å². The number of aromatic nitrogens is 2. The quantitative estimate of drug-likeness (QED) is 0.861. The van der Waals surface area contributed by atoms with E-state index in [0.29, 0.717) is 23.3 Å². The molecule has 0 saturated heterocycles. The molecule has 0 fully saturated rings. The lowest BCUT2D eigenvalue weighted by atomic mass is 10.3. The Bertz CT molecular complexity index is 411. The first-order chi connectivity index (χ1) is 8.89. The fourth-order valence-electron chi connectivity index (χ4n) is 1.62. The van der Waals surface area contributed by atoms with Crippen molar-refractivity contribution in [2.75, 3.05) is 29.9 Å². The van der Waals surface area contributed by atoms with Crippen molar-refractivity contribution in [1.82, 2.24) is 9.97 Å². The van der Waals surface area contributed by atoms with Crippen molar-refractivity contribution < 1.29 is 13.2 Å². The van der Waals surface area contributed by atoms with Crippen LogP contribution in [0, 0.1) is 0 Å². The average molecular weight is 341 g/mol. The van der Waals surface area contributed by atoms with Crippen LogP contribution in [0.2, 0.25) is 0 Å². The maximum absolute atomic E-state index is 12.6. The maximum Gasteiger partial charge on any atom is 0.405 e. The topological polar surface area (TPSA) is 41.1 Å². The zero-order chi connectivity index (χ0) is 14.5. The molecule has 0 atom stereocenters. The van der Waals surface area contributed by atoms with Crippen LogP contribution < -0.4 is 10.2 Å². The van der Waals surface area contributed by atoms with Gasteiger partial charge in [0.05, 0.1) is 0 Å². The van der Waals surface area contributed by atoms with Gasteiger partial charge in [-0.25, -0.2) is 9.97 Å². The van der Waals surface area contributed by atoms with Crippen LogP contribution in [-0.2, 0) is 0 Å². The number of alkyl halides is 3. The first-order valence-corrected chi connectivity index (χ1v) is 6.74. The molecule has 0 aromatic carbocycles. The van der Waals surface area contributed by atoms with Gasteiger partial charge in [-0.1, -0.05) is 6.92 Å². The van der Waals surface area contributed by atoms with E-state index in [1.165, 1.54) is 11.2 Å². The van der Waals surface area contributed by atoms with Gasteiger partial charge in [-0.05, 0) is 29.3 Å². The molecule has 19 heavy (non-hydrogen) atoms. The van der Waals surface area contributed by atoms with Crippen LogP contribution in [0.3, 0.4) is 0 Å². The minimum atomic E-state index is -4.27.